The number of H-pyrrole nitrogens is 1. The molecule has 0 radical (unpaired) electrons. The molecule has 2 rings (SSSR count). The fraction of sp³-hybridized carbons (Fsp3) is 0.143. The number of hydrogen-bond acceptors (Lipinski definition) is 4. The summed E-state index contributed by atoms with van der Waals surface area (Å²) in [5.41, 5.74) is 1.23. The van der Waals surface area contributed by atoms with E-state index in [1.165, 1.54) is 6.08 Å². The Morgan fingerprint density at radius 1 is 1.38 bits per heavy atom. The van der Waals surface area contributed by atoms with Crippen molar-refractivity contribution in [3.63, 3.8) is 0 Å². The van der Waals surface area contributed by atoms with Gasteiger partial charge in [-0.3, -0.25) is 14.7 Å². The summed E-state index contributed by atoms with van der Waals surface area (Å²) in [6, 6.07) is 6.94. The van der Waals surface area contributed by atoms with Gasteiger partial charge in [0.1, 0.15) is 5.82 Å². The third-order valence-corrected chi connectivity index (χ3v) is 2.59. The lowest BCUT2D eigenvalue weighted by molar-refractivity contribution is -0.136. The van der Waals surface area contributed by atoms with Crippen LogP contribution in [0, 0.1) is 6.92 Å². The second-order valence-corrected chi connectivity index (χ2v) is 4.28. The Kier molecular flexibility index (Phi) is 4.45. The number of aryl methyl sites for hydroxylation is 1. The molecule has 0 saturated heterocycles. The third kappa shape index (κ3) is 3.75. The van der Waals surface area contributed by atoms with Gasteiger partial charge in [-0.25, -0.2) is 4.98 Å². The molecule has 0 aliphatic carbocycles. The van der Waals surface area contributed by atoms with Crippen molar-refractivity contribution in [3.8, 4) is 11.4 Å². The van der Waals surface area contributed by atoms with Crippen molar-refractivity contribution >= 4 is 17.5 Å². The quantitative estimate of drug-likeness (QED) is 0.577. The smallest absolute Gasteiger partial charge is 0.313 e. The summed E-state index contributed by atoms with van der Waals surface area (Å²) in [5, 5.41) is 11.7. The van der Waals surface area contributed by atoms with Crippen LogP contribution >= 0.6 is 0 Å². The van der Waals surface area contributed by atoms with Crippen molar-refractivity contribution in [1.29, 1.82) is 0 Å². The first-order valence-corrected chi connectivity index (χ1v) is 6.29. The molecular weight excluding hydrogens is 270 g/mol. The maximum absolute atomic E-state index is 11.7. The van der Waals surface area contributed by atoms with Gasteiger partial charge in [-0.2, -0.15) is 5.10 Å². The van der Waals surface area contributed by atoms with E-state index in [0.717, 1.165) is 5.56 Å². The Balaban J connectivity index is 2.09. The summed E-state index contributed by atoms with van der Waals surface area (Å²) in [4.78, 5) is 27.3. The first-order valence-electron chi connectivity index (χ1n) is 6.29. The number of aromatic amines is 1. The topological polar surface area (TPSA) is 99.8 Å². The molecule has 1 aromatic carbocycles. The van der Waals surface area contributed by atoms with Crippen molar-refractivity contribution in [2.24, 2.45) is 0 Å². The second-order valence-electron chi connectivity index (χ2n) is 4.28. The van der Waals surface area contributed by atoms with E-state index in [4.69, 9.17) is 0 Å². The molecule has 0 aliphatic heterocycles. The van der Waals surface area contributed by atoms with E-state index in [1.807, 2.05) is 6.07 Å². The molecule has 0 spiro atoms. The highest BCUT2D eigenvalue weighted by molar-refractivity contribution is 6.39. The molecule has 0 aliphatic rings. The van der Waals surface area contributed by atoms with Gasteiger partial charge >= 0.3 is 11.8 Å². The highest BCUT2D eigenvalue weighted by Gasteiger charge is 2.13. The molecular formula is C14H15N5O2. The van der Waals surface area contributed by atoms with Crippen LogP contribution in [0.15, 0.2) is 36.9 Å². The number of nitrogens with zero attached hydrogens (tertiary/aromatic N) is 2. The first-order chi connectivity index (χ1) is 10.1. The van der Waals surface area contributed by atoms with E-state index in [0.29, 0.717) is 17.3 Å². The second kappa shape index (κ2) is 6.47. The van der Waals surface area contributed by atoms with Crippen molar-refractivity contribution in [2.75, 3.05) is 11.9 Å². The van der Waals surface area contributed by atoms with Crippen LogP contribution in [0.1, 0.15) is 5.82 Å². The van der Waals surface area contributed by atoms with E-state index >= 15 is 0 Å². The number of hydrogen-bond donors (Lipinski definition) is 3. The number of aromatic nitrogens is 3. The highest BCUT2D eigenvalue weighted by atomic mass is 16.2. The molecule has 0 saturated carbocycles. The SMILES string of the molecule is C=CCNC(=O)C(=O)Nc1cccc(-c2n[nH]c(C)n2)c1. The van der Waals surface area contributed by atoms with Crippen LogP contribution in [0.25, 0.3) is 11.4 Å². The molecule has 0 fully saturated rings. The molecule has 3 N–H and O–H groups in total. The van der Waals surface area contributed by atoms with Crippen molar-refractivity contribution in [2.45, 2.75) is 6.92 Å². The first kappa shape index (κ1) is 14.4. The van der Waals surface area contributed by atoms with Crippen molar-refractivity contribution in [3.05, 3.63) is 42.7 Å². The van der Waals surface area contributed by atoms with Gasteiger partial charge in [0, 0.05) is 17.8 Å². The summed E-state index contributed by atoms with van der Waals surface area (Å²) in [5.74, 6) is -0.225. The van der Waals surface area contributed by atoms with Gasteiger partial charge in [-0.15, -0.1) is 6.58 Å². The molecule has 7 nitrogen and oxygen atoms in total. The monoisotopic (exact) mass is 285 g/mol. The molecule has 2 amide bonds. The highest BCUT2D eigenvalue weighted by Crippen LogP contribution is 2.19. The Morgan fingerprint density at radius 3 is 2.86 bits per heavy atom. The number of anilines is 1. The number of benzene rings is 1. The van der Waals surface area contributed by atoms with Gasteiger partial charge < -0.3 is 10.6 Å². The maximum Gasteiger partial charge on any atom is 0.313 e. The molecule has 7 heteroatoms. The van der Waals surface area contributed by atoms with Crippen LogP contribution in [-0.2, 0) is 9.59 Å². The van der Waals surface area contributed by atoms with Gasteiger partial charge in [0.15, 0.2) is 5.82 Å². The summed E-state index contributed by atoms with van der Waals surface area (Å²) < 4.78 is 0. The average Bonchev–Trinajstić information content (AvgIpc) is 2.91. The summed E-state index contributed by atoms with van der Waals surface area (Å²) in [7, 11) is 0. The molecule has 108 valence electrons. The largest absolute Gasteiger partial charge is 0.344 e. The zero-order valence-corrected chi connectivity index (χ0v) is 11.5. The number of rotatable bonds is 4. The van der Waals surface area contributed by atoms with Gasteiger partial charge in [0.25, 0.3) is 0 Å². The van der Waals surface area contributed by atoms with Crippen LogP contribution in [-0.4, -0.2) is 33.5 Å². The normalized spacial score (nSPS) is 9.95. The minimum absolute atomic E-state index is 0.239. The fourth-order valence-electron chi connectivity index (χ4n) is 1.64. The van der Waals surface area contributed by atoms with Gasteiger partial charge in [0.2, 0.25) is 0 Å². The van der Waals surface area contributed by atoms with E-state index in [-0.39, 0.29) is 6.54 Å². The Hall–Kier alpha value is -2.96. The standard InChI is InChI=1S/C14H15N5O2/c1-3-7-15-13(20)14(21)17-11-6-4-5-10(8-11)12-16-9(2)18-19-12/h3-6,8H,1,7H2,2H3,(H,15,20)(H,17,21)(H,16,18,19). The number of carbonyl (C=O) groups excluding carboxylic acids is 2. The van der Waals surface area contributed by atoms with Gasteiger partial charge in [-0.1, -0.05) is 18.2 Å². The molecule has 0 bridgehead atoms. The molecule has 1 heterocycles. The Bertz CT molecular complexity index is 678. The van der Waals surface area contributed by atoms with Crippen molar-refractivity contribution in [1.82, 2.24) is 20.5 Å². The third-order valence-electron chi connectivity index (χ3n) is 2.59. The minimum atomic E-state index is -0.736. The Labute approximate surface area is 121 Å². The Morgan fingerprint density at radius 2 is 2.19 bits per heavy atom. The predicted octanol–water partition coefficient (Wildman–Crippen LogP) is 1.02. The molecule has 2 aromatic rings. The lowest BCUT2D eigenvalue weighted by atomic mass is 10.2. The zero-order chi connectivity index (χ0) is 15.2. The summed E-state index contributed by atoms with van der Waals surface area (Å²) in [6.07, 6.45) is 1.50. The molecule has 0 unspecified atom stereocenters. The zero-order valence-electron chi connectivity index (χ0n) is 11.5. The lowest BCUT2D eigenvalue weighted by Gasteiger charge is -2.06. The van der Waals surface area contributed by atoms with E-state index in [2.05, 4.69) is 32.4 Å². The molecule has 0 atom stereocenters. The van der Waals surface area contributed by atoms with Crippen LogP contribution in [0.2, 0.25) is 0 Å². The van der Waals surface area contributed by atoms with Gasteiger partial charge in [0.05, 0.1) is 0 Å². The van der Waals surface area contributed by atoms with E-state index in [9.17, 15) is 9.59 Å². The fourth-order valence-corrected chi connectivity index (χ4v) is 1.64. The van der Waals surface area contributed by atoms with Crippen molar-refractivity contribution < 1.29 is 9.59 Å². The van der Waals surface area contributed by atoms with Crippen LogP contribution in [0.4, 0.5) is 5.69 Å². The molecule has 1 aromatic heterocycles. The summed E-state index contributed by atoms with van der Waals surface area (Å²) in [6.45, 7) is 5.50. The minimum Gasteiger partial charge on any atom is -0.344 e. The summed E-state index contributed by atoms with van der Waals surface area (Å²) >= 11 is 0. The predicted molar refractivity (Wildman–Crippen MR) is 78.4 cm³/mol. The number of amides is 2. The number of carbonyl (C=O) groups is 2. The van der Waals surface area contributed by atoms with E-state index in [1.54, 1.807) is 25.1 Å². The van der Waals surface area contributed by atoms with Crippen LogP contribution in [0.5, 0.6) is 0 Å². The van der Waals surface area contributed by atoms with Crippen LogP contribution < -0.4 is 10.6 Å². The van der Waals surface area contributed by atoms with Crippen LogP contribution in [0.3, 0.4) is 0 Å². The lowest BCUT2D eigenvalue weighted by Crippen LogP contribution is -2.35. The van der Waals surface area contributed by atoms with Gasteiger partial charge in [-0.05, 0) is 19.1 Å². The average molecular weight is 285 g/mol. The maximum atomic E-state index is 11.7. The molecule has 21 heavy (non-hydrogen) atoms. The van der Waals surface area contributed by atoms with E-state index < -0.39 is 11.8 Å². The number of nitrogens with one attached hydrogen (secondary N) is 3.